The average Bonchev–Trinajstić information content (AvgIpc) is 2.69. The first-order chi connectivity index (χ1) is 9.95. The predicted octanol–water partition coefficient (Wildman–Crippen LogP) is 1.97. The van der Waals surface area contributed by atoms with Crippen molar-refractivity contribution in [3.8, 4) is 6.07 Å². The monoisotopic (exact) mass is 284 g/mol. The Hall–Kier alpha value is -2.42. The summed E-state index contributed by atoms with van der Waals surface area (Å²) in [6.07, 6.45) is 0.838. The van der Waals surface area contributed by atoms with E-state index in [0.717, 1.165) is 23.4 Å². The van der Waals surface area contributed by atoms with Gasteiger partial charge in [-0.2, -0.15) is 15.5 Å². The molecule has 2 aromatic heterocycles. The average molecular weight is 284 g/mol. The second-order valence-corrected chi connectivity index (χ2v) is 5.20. The Morgan fingerprint density at radius 2 is 1.86 bits per heavy atom. The maximum Gasteiger partial charge on any atom is 0.166 e. The van der Waals surface area contributed by atoms with E-state index in [9.17, 15) is 5.26 Å². The summed E-state index contributed by atoms with van der Waals surface area (Å²) in [6, 6.07) is 2.20. The van der Waals surface area contributed by atoms with Crippen LogP contribution in [-0.2, 0) is 13.5 Å². The Labute approximate surface area is 124 Å². The number of nitriles is 1. The van der Waals surface area contributed by atoms with E-state index in [2.05, 4.69) is 33.6 Å². The molecule has 0 bridgehead atoms. The summed E-state index contributed by atoms with van der Waals surface area (Å²) < 4.78 is 1.89. The van der Waals surface area contributed by atoms with Gasteiger partial charge in [-0.05, 0) is 45.2 Å². The lowest BCUT2D eigenvalue weighted by atomic mass is 10.1. The predicted molar refractivity (Wildman–Crippen MR) is 81.1 cm³/mol. The van der Waals surface area contributed by atoms with Crippen LogP contribution in [0.15, 0.2) is 0 Å². The van der Waals surface area contributed by atoms with Crippen LogP contribution in [0, 0.1) is 39.0 Å². The van der Waals surface area contributed by atoms with E-state index in [1.807, 2.05) is 32.5 Å². The van der Waals surface area contributed by atoms with Crippen LogP contribution in [-0.4, -0.2) is 26.5 Å². The fourth-order valence-electron chi connectivity index (χ4n) is 2.35. The molecule has 0 atom stereocenters. The van der Waals surface area contributed by atoms with Crippen LogP contribution < -0.4 is 5.32 Å². The molecule has 0 radical (unpaired) electrons. The largest absolute Gasteiger partial charge is 0.367 e. The Bertz CT molecular complexity index is 708. The van der Waals surface area contributed by atoms with E-state index in [1.165, 1.54) is 11.3 Å². The van der Waals surface area contributed by atoms with Crippen molar-refractivity contribution in [2.75, 3.05) is 11.9 Å². The first kappa shape index (κ1) is 15.0. The molecule has 110 valence electrons. The van der Waals surface area contributed by atoms with Crippen molar-refractivity contribution < 1.29 is 0 Å². The van der Waals surface area contributed by atoms with E-state index in [0.29, 0.717) is 17.9 Å². The van der Waals surface area contributed by atoms with Gasteiger partial charge < -0.3 is 5.32 Å². The normalized spacial score (nSPS) is 10.5. The second kappa shape index (κ2) is 5.92. The maximum absolute atomic E-state index is 9.26. The number of hydrogen-bond acceptors (Lipinski definition) is 5. The van der Waals surface area contributed by atoms with Gasteiger partial charge >= 0.3 is 0 Å². The molecule has 0 amide bonds. The Balaban J connectivity index is 2.11. The highest BCUT2D eigenvalue weighted by Gasteiger charge is 2.12. The molecular formula is C15H20N6. The molecule has 0 aliphatic carbocycles. The highest BCUT2D eigenvalue weighted by molar-refractivity contribution is 5.55. The lowest BCUT2D eigenvalue weighted by Gasteiger charge is -2.09. The SMILES string of the molecule is Cc1nnc(NCCc2c(C)nn(C)c2C)c(C#N)c1C. The van der Waals surface area contributed by atoms with Crippen LogP contribution in [0.4, 0.5) is 5.82 Å². The number of hydrogen-bond donors (Lipinski definition) is 1. The van der Waals surface area contributed by atoms with Gasteiger partial charge in [0.15, 0.2) is 5.82 Å². The Kier molecular flexibility index (Phi) is 4.22. The molecule has 1 N–H and O–H groups in total. The summed E-state index contributed by atoms with van der Waals surface area (Å²) >= 11 is 0. The van der Waals surface area contributed by atoms with Gasteiger partial charge in [0.2, 0.25) is 0 Å². The third-order valence-electron chi connectivity index (χ3n) is 3.89. The molecule has 6 heteroatoms. The highest BCUT2D eigenvalue weighted by atomic mass is 15.3. The molecule has 0 saturated heterocycles. The fraction of sp³-hybridized carbons (Fsp3) is 0.467. The minimum atomic E-state index is 0.555. The molecule has 0 unspecified atom stereocenters. The standard InChI is InChI=1S/C15H20N6/c1-9-10(2)18-19-15(14(9)8-16)17-7-6-13-11(3)20-21(5)12(13)4/h6-7H2,1-5H3,(H,17,19). The van der Waals surface area contributed by atoms with Gasteiger partial charge in [0.05, 0.1) is 11.4 Å². The molecule has 0 aliphatic rings. The minimum Gasteiger partial charge on any atom is -0.367 e. The number of anilines is 1. The molecule has 0 spiro atoms. The number of nitrogens with one attached hydrogen (secondary N) is 1. The molecule has 0 fully saturated rings. The van der Waals surface area contributed by atoms with E-state index >= 15 is 0 Å². The minimum absolute atomic E-state index is 0.555. The summed E-state index contributed by atoms with van der Waals surface area (Å²) in [7, 11) is 1.95. The van der Waals surface area contributed by atoms with Gasteiger partial charge in [0, 0.05) is 19.3 Å². The molecule has 6 nitrogen and oxygen atoms in total. The van der Waals surface area contributed by atoms with Crippen molar-refractivity contribution in [2.24, 2.45) is 7.05 Å². The molecular weight excluding hydrogens is 264 g/mol. The lowest BCUT2D eigenvalue weighted by Crippen LogP contribution is -2.11. The Morgan fingerprint density at radius 3 is 2.43 bits per heavy atom. The number of rotatable bonds is 4. The summed E-state index contributed by atoms with van der Waals surface area (Å²) in [5.41, 5.74) is 5.69. The smallest absolute Gasteiger partial charge is 0.166 e. The van der Waals surface area contributed by atoms with Crippen LogP contribution in [0.25, 0.3) is 0 Å². The molecule has 0 aromatic carbocycles. The van der Waals surface area contributed by atoms with Crippen LogP contribution in [0.5, 0.6) is 0 Å². The van der Waals surface area contributed by atoms with E-state index in [4.69, 9.17) is 0 Å². The number of nitrogens with zero attached hydrogens (tertiary/aromatic N) is 5. The van der Waals surface area contributed by atoms with Gasteiger partial charge in [-0.25, -0.2) is 0 Å². The third-order valence-corrected chi connectivity index (χ3v) is 3.89. The molecule has 2 aromatic rings. The van der Waals surface area contributed by atoms with Gasteiger partial charge in [0.1, 0.15) is 11.6 Å². The fourth-order valence-corrected chi connectivity index (χ4v) is 2.35. The lowest BCUT2D eigenvalue weighted by molar-refractivity contribution is 0.730. The molecule has 21 heavy (non-hydrogen) atoms. The quantitative estimate of drug-likeness (QED) is 0.928. The Morgan fingerprint density at radius 1 is 1.14 bits per heavy atom. The highest BCUT2D eigenvalue weighted by Crippen LogP contribution is 2.18. The van der Waals surface area contributed by atoms with Crippen LogP contribution in [0.2, 0.25) is 0 Å². The van der Waals surface area contributed by atoms with Crippen LogP contribution >= 0.6 is 0 Å². The summed E-state index contributed by atoms with van der Waals surface area (Å²) in [5, 5.41) is 25.0. The van der Waals surface area contributed by atoms with E-state index in [-0.39, 0.29) is 0 Å². The van der Waals surface area contributed by atoms with Gasteiger partial charge in [-0.3, -0.25) is 4.68 Å². The van der Waals surface area contributed by atoms with Gasteiger partial charge in [-0.15, -0.1) is 5.10 Å². The summed E-state index contributed by atoms with van der Waals surface area (Å²) in [5.74, 6) is 0.555. The van der Waals surface area contributed by atoms with Gasteiger partial charge in [-0.1, -0.05) is 0 Å². The first-order valence-electron chi connectivity index (χ1n) is 6.92. The molecule has 2 rings (SSSR count). The molecule has 0 aliphatic heterocycles. The molecule has 0 saturated carbocycles. The topological polar surface area (TPSA) is 79.4 Å². The second-order valence-electron chi connectivity index (χ2n) is 5.20. The maximum atomic E-state index is 9.26. The van der Waals surface area contributed by atoms with Crippen molar-refractivity contribution >= 4 is 5.82 Å². The van der Waals surface area contributed by atoms with Gasteiger partial charge in [0.25, 0.3) is 0 Å². The third kappa shape index (κ3) is 2.87. The van der Waals surface area contributed by atoms with Crippen LogP contribution in [0.3, 0.4) is 0 Å². The summed E-state index contributed by atoms with van der Waals surface area (Å²) in [6.45, 7) is 8.52. The zero-order chi connectivity index (χ0) is 15.6. The van der Waals surface area contributed by atoms with Crippen LogP contribution in [0.1, 0.15) is 33.8 Å². The summed E-state index contributed by atoms with van der Waals surface area (Å²) in [4.78, 5) is 0. The first-order valence-corrected chi connectivity index (χ1v) is 6.92. The zero-order valence-electron chi connectivity index (χ0n) is 13.2. The molecule has 2 heterocycles. The number of aromatic nitrogens is 4. The van der Waals surface area contributed by atoms with E-state index < -0.39 is 0 Å². The van der Waals surface area contributed by atoms with E-state index in [1.54, 1.807) is 0 Å². The zero-order valence-corrected chi connectivity index (χ0v) is 13.2. The number of aryl methyl sites for hydroxylation is 3. The van der Waals surface area contributed by atoms with Crippen molar-refractivity contribution in [1.29, 1.82) is 5.26 Å². The van der Waals surface area contributed by atoms with Crippen molar-refractivity contribution in [2.45, 2.75) is 34.1 Å². The van der Waals surface area contributed by atoms with Crippen molar-refractivity contribution in [3.63, 3.8) is 0 Å². The van der Waals surface area contributed by atoms with Crippen molar-refractivity contribution in [1.82, 2.24) is 20.0 Å². The van der Waals surface area contributed by atoms with Crippen molar-refractivity contribution in [3.05, 3.63) is 33.8 Å².